The lowest BCUT2D eigenvalue weighted by Crippen LogP contribution is -2.13. The smallest absolute Gasteiger partial charge is 0.266 e. The molecular weight excluding hydrogens is 338 g/mol. The lowest BCUT2D eigenvalue weighted by atomic mass is 10.1. The van der Waals surface area contributed by atoms with Crippen LogP contribution in [0, 0.1) is 29.6 Å². The minimum atomic E-state index is -0.558. The Hall–Kier alpha value is -3.28. The highest BCUT2D eigenvalue weighted by atomic mass is 35.5. The Morgan fingerprint density at radius 3 is 2.72 bits per heavy atom. The first-order valence-corrected chi connectivity index (χ1v) is 7.71. The van der Waals surface area contributed by atoms with Crippen molar-refractivity contribution < 1.29 is 9.53 Å². The monoisotopic (exact) mass is 351 g/mol. The van der Waals surface area contributed by atoms with E-state index in [9.17, 15) is 10.1 Å². The van der Waals surface area contributed by atoms with Crippen molar-refractivity contribution in [1.82, 2.24) is 0 Å². The van der Waals surface area contributed by atoms with Crippen LogP contribution in [0.2, 0.25) is 5.02 Å². The molecule has 1 N–H and O–H groups in total. The summed E-state index contributed by atoms with van der Waals surface area (Å²) in [6.45, 7) is 1.73. The van der Waals surface area contributed by atoms with Crippen molar-refractivity contribution in [2.75, 3.05) is 11.9 Å². The first-order valence-electron chi connectivity index (χ1n) is 7.33. The highest BCUT2D eigenvalue weighted by molar-refractivity contribution is 6.31. The second-order valence-corrected chi connectivity index (χ2v) is 5.48. The van der Waals surface area contributed by atoms with E-state index in [-0.39, 0.29) is 12.2 Å². The standard InChI is InChI=1S/C19H14ClN3O2/c1-13-6-7-16(11-17(13)20)23-19(24)15(12-22)10-14-4-2-3-5-18(14)25-9-8-21/h2-7,10-11H,9H2,1H3,(H,23,24)/b15-10-. The zero-order chi connectivity index (χ0) is 18.2. The average Bonchev–Trinajstić information content (AvgIpc) is 2.61. The molecule has 0 bridgehead atoms. The largest absolute Gasteiger partial charge is 0.478 e. The Bertz CT molecular complexity index is 908. The van der Waals surface area contributed by atoms with Crippen LogP contribution in [-0.2, 0) is 4.79 Å². The van der Waals surface area contributed by atoms with Gasteiger partial charge in [-0.15, -0.1) is 0 Å². The third kappa shape index (κ3) is 4.84. The van der Waals surface area contributed by atoms with Crippen LogP contribution in [-0.4, -0.2) is 12.5 Å². The number of aryl methyl sites for hydroxylation is 1. The molecule has 2 aromatic carbocycles. The van der Waals surface area contributed by atoms with E-state index in [4.69, 9.17) is 21.6 Å². The van der Waals surface area contributed by atoms with Crippen molar-refractivity contribution in [1.29, 1.82) is 10.5 Å². The molecule has 0 aliphatic rings. The van der Waals surface area contributed by atoms with Gasteiger partial charge in [0, 0.05) is 16.3 Å². The van der Waals surface area contributed by atoms with Gasteiger partial charge in [0.25, 0.3) is 5.91 Å². The number of carbonyl (C=O) groups is 1. The Morgan fingerprint density at radius 2 is 2.04 bits per heavy atom. The number of amides is 1. The van der Waals surface area contributed by atoms with Crippen LogP contribution in [0.4, 0.5) is 5.69 Å². The molecule has 0 atom stereocenters. The van der Waals surface area contributed by atoms with Crippen LogP contribution in [0.25, 0.3) is 6.08 Å². The van der Waals surface area contributed by atoms with E-state index >= 15 is 0 Å². The summed E-state index contributed by atoms with van der Waals surface area (Å²) < 4.78 is 5.29. The quantitative estimate of drug-likeness (QED) is 0.649. The molecule has 0 fully saturated rings. The molecule has 2 aromatic rings. The summed E-state index contributed by atoms with van der Waals surface area (Å²) in [5.41, 5.74) is 1.83. The summed E-state index contributed by atoms with van der Waals surface area (Å²) in [7, 11) is 0. The molecule has 1 amide bonds. The van der Waals surface area contributed by atoms with Crippen molar-refractivity contribution in [2.45, 2.75) is 6.92 Å². The van der Waals surface area contributed by atoms with Gasteiger partial charge < -0.3 is 10.1 Å². The Labute approximate surface area is 150 Å². The number of benzene rings is 2. The predicted octanol–water partition coefficient (Wildman–Crippen LogP) is 4.10. The van der Waals surface area contributed by atoms with Crippen molar-refractivity contribution in [3.63, 3.8) is 0 Å². The number of hydrogen-bond acceptors (Lipinski definition) is 4. The summed E-state index contributed by atoms with van der Waals surface area (Å²) >= 11 is 6.04. The van der Waals surface area contributed by atoms with Crippen molar-refractivity contribution in [2.24, 2.45) is 0 Å². The summed E-state index contributed by atoms with van der Waals surface area (Å²) in [4.78, 5) is 12.3. The fourth-order valence-electron chi connectivity index (χ4n) is 2.01. The first-order chi connectivity index (χ1) is 12.0. The van der Waals surface area contributed by atoms with Crippen LogP contribution in [0.5, 0.6) is 5.75 Å². The summed E-state index contributed by atoms with van der Waals surface area (Å²) in [5, 5.41) is 21.1. The molecule has 0 saturated heterocycles. The van der Waals surface area contributed by atoms with E-state index < -0.39 is 5.91 Å². The number of carbonyl (C=O) groups excluding carboxylic acids is 1. The zero-order valence-electron chi connectivity index (χ0n) is 13.4. The predicted molar refractivity (Wildman–Crippen MR) is 96.0 cm³/mol. The number of ether oxygens (including phenoxy) is 1. The second kappa shape index (κ2) is 8.54. The van der Waals surface area contributed by atoms with E-state index in [1.165, 1.54) is 6.08 Å². The molecule has 2 rings (SSSR count). The minimum absolute atomic E-state index is 0.0929. The molecule has 124 valence electrons. The lowest BCUT2D eigenvalue weighted by molar-refractivity contribution is -0.112. The van der Waals surface area contributed by atoms with E-state index in [1.807, 2.05) is 19.1 Å². The molecule has 0 radical (unpaired) electrons. The zero-order valence-corrected chi connectivity index (χ0v) is 14.2. The summed E-state index contributed by atoms with van der Waals surface area (Å²) in [6, 6.07) is 15.7. The van der Waals surface area contributed by atoms with Crippen LogP contribution in [0.1, 0.15) is 11.1 Å². The Kier molecular flexibility index (Phi) is 6.17. The van der Waals surface area contributed by atoms with Gasteiger partial charge in [-0.1, -0.05) is 35.9 Å². The number of halogens is 1. The van der Waals surface area contributed by atoms with Crippen LogP contribution >= 0.6 is 11.6 Å². The second-order valence-electron chi connectivity index (χ2n) is 5.07. The van der Waals surface area contributed by atoms with Gasteiger partial charge in [0.15, 0.2) is 6.61 Å². The van der Waals surface area contributed by atoms with E-state index in [2.05, 4.69) is 5.32 Å². The number of nitriles is 2. The van der Waals surface area contributed by atoms with Gasteiger partial charge in [0.1, 0.15) is 23.5 Å². The topological polar surface area (TPSA) is 85.9 Å². The Morgan fingerprint density at radius 1 is 1.28 bits per heavy atom. The maximum Gasteiger partial charge on any atom is 0.266 e. The fraction of sp³-hybridized carbons (Fsp3) is 0.105. The van der Waals surface area contributed by atoms with Crippen LogP contribution in [0.3, 0.4) is 0 Å². The molecule has 5 nitrogen and oxygen atoms in total. The first kappa shape index (κ1) is 18.1. The number of rotatable bonds is 5. The molecule has 0 saturated carbocycles. The number of para-hydroxylation sites is 1. The van der Waals surface area contributed by atoms with Gasteiger partial charge in [-0.25, -0.2) is 0 Å². The molecule has 0 unspecified atom stereocenters. The molecule has 0 aliphatic carbocycles. The maximum atomic E-state index is 12.3. The molecular formula is C19H14ClN3O2. The highest BCUT2D eigenvalue weighted by Crippen LogP contribution is 2.23. The number of nitrogens with zero attached hydrogens (tertiary/aromatic N) is 2. The van der Waals surface area contributed by atoms with Crippen LogP contribution < -0.4 is 10.1 Å². The third-order valence-electron chi connectivity index (χ3n) is 3.31. The van der Waals surface area contributed by atoms with Gasteiger partial charge in [-0.2, -0.15) is 10.5 Å². The van der Waals surface area contributed by atoms with Gasteiger partial charge in [0.2, 0.25) is 0 Å². The fourth-order valence-corrected chi connectivity index (χ4v) is 2.19. The average molecular weight is 352 g/mol. The van der Waals surface area contributed by atoms with Gasteiger partial charge in [-0.05, 0) is 36.8 Å². The van der Waals surface area contributed by atoms with Crippen molar-refractivity contribution >= 4 is 29.3 Å². The van der Waals surface area contributed by atoms with Gasteiger partial charge >= 0.3 is 0 Å². The minimum Gasteiger partial charge on any atom is -0.478 e. The van der Waals surface area contributed by atoms with E-state index in [0.717, 1.165) is 5.56 Å². The third-order valence-corrected chi connectivity index (χ3v) is 3.71. The molecule has 25 heavy (non-hydrogen) atoms. The maximum absolute atomic E-state index is 12.3. The lowest BCUT2D eigenvalue weighted by Gasteiger charge is -2.08. The SMILES string of the molecule is Cc1ccc(NC(=O)/C(C#N)=C\c2ccccc2OCC#N)cc1Cl. The molecule has 0 aliphatic heterocycles. The normalized spacial score (nSPS) is 10.5. The molecule has 6 heteroatoms. The molecule has 0 aromatic heterocycles. The van der Waals surface area contributed by atoms with Crippen LogP contribution in [0.15, 0.2) is 48.0 Å². The van der Waals surface area contributed by atoms with E-state index in [1.54, 1.807) is 42.5 Å². The van der Waals surface area contributed by atoms with Gasteiger partial charge in [-0.3, -0.25) is 4.79 Å². The Balaban J connectivity index is 2.25. The van der Waals surface area contributed by atoms with Crippen molar-refractivity contribution in [3.8, 4) is 17.9 Å². The van der Waals surface area contributed by atoms with Gasteiger partial charge in [0.05, 0.1) is 0 Å². The molecule has 0 heterocycles. The number of anilines is 1. The highest BCUT2D eigenvalue weighted by Gasteiger charge is 2.12. The number of hydrogen-bond donors (Lipinski definition) is 1. The number of nitrogens with one attached hydrogen (secondary N) is 1. The van der Waals surface area contributed by atoms with Crippen molar-refractivity contribution in [3.05, 3.63) is 64.2 Å². The summed E-state index contributed by atoms with van der Waals surface area (Å²) in [6.07, 6.45) is 1.41. The molecule has 0 spiro atoms. The summed E-state index contributed by atoms with van der Waals surface area (Å²) in [5.74, 6) is -0.138. The van der Waals surface area contributed by atoms with E-state index in [0.29, 0.717) is 22.0 Å².